The molecule has 0 fully saturated rings. The van der Waals surface area contributed by atoms with Crippen LogP contribution in [-0.2, 0) is 20.1 Å². The van der Waals surface area contributed by atoms with Crippen molar-refractivity contribution < 1.29 is 20.1 Å². The quantitative estimate of drug-likeness (QED) is 0.138. The van der Waals surface area contributed by atoms with Gasteiger partial charge < -0.3 is 14.2 Å². The molecule has 2 aliphatic rings. The molecule has 0 spiro atoms. The van der Waals surface area contributed by atoms with Crippen molar-refractivity contribution in [2.45, 2.75) is 47.6 Å². The number of nitrogens with zero attached hydrogens (tertiary/aromatic N) is 5. The number of pyridine rings is 1. The molecular weight excluding hydrogens is 824 g/mol. The van der Waals surface area contributed by atoms with Crippen LogP contribution in [-0.4, -0.2) is 34.2 Å². The van der Waals surface area contributed by atoms with Crippen molar-refractivity contribution in [1.82, 2.24) is 14.4 Å². The molecule has 0 N–H and O–H groups in total. The first-order valence-electron chi connectivity index (χ1n) is 18.1. The van der Waals surface area contributed by atoms with Crippen molar-refractivity contribution in [1.29, 1.82) is 0 Å². The zero-order chi connectivity index (χ0) is 35.9. The van der Waals surface area contributed by atoms with Crippen molar-refractivity contribution in [3.8, 4) is 11.4 Å². The first kappa shape index (κ1) is 36.2. The second kappa shape index (κ2) is 15.1. The van der Waals surface area contributed by atoms with Crippen LogP contribution in [0.5, 0.6) is 0 Å². The van der Waals surface area contributed by atoms with Gasteiger partial charge in [-0.15, -0.1) is 29.7 Å². The van der Waals surface area contributed by atoms with Crippen LogP contribution in [0.4, 0.5) is 22.9 Å². The minimum atomic E-state index is 0. The van der Waals surface area contributed by atoms with E-state index in [9.17, 15) is 0 Å². The molecule has 1 radical (unpaired) electrons. The van der Waals surface area contributed by atoms with Gasteiger partial charge in [0.25, 0.3) is 0 Å². The number of aryl methyl sites for hydroxylation is 4. The Morgan fingerprint density at radius 1 is 0.660 bits per heavy atom. The van der Waals surface area contributed by atoms with Crippen LogP contribution in [0, 0.1) is 39.8 Å². The Bertz CT molecular complexity index is 2320. The number of imidazole rings is 1. The molecule has 9 rings (SSSR count). The molecule has 2 aliphatic heterocycles. The third kappa shape index (κ3) is 6.45. The van der Waals surface area contributed by atoms with Crippen LogP contribution >= 0.6 is 0 Å². The molecule has 2 aromatic heterocycles. The van der Waals surface area contributed by atoms with Gasteiger partial charge >= 0.3 is 6.98 Å². The van der Waals surface area contributed by atoms with Crippen molar-refractivity contribution in [2.24, 2.45) is 0 Å². The Kier molecular flexibility index (Phi) is 10.3. The minimum Gasteiger partial charge on any atom is -0.431 e. The summed E-state index contributed by atoms with van der Waals surface area (Å²) in [5.74, 6) is 1.93. The van der Waals surface area contributed by atoms with Gasteiger partial charge in [-0.25, -0.2) is 4.98 Å². The minimum absolute atomic E-state index is 0. The molecule has 53 heavy (non-hydrogen) atoms. The van der Waals surface area contributed by atoms with Gasteiger partial charge in [0.1, 0.15) is 5.82 Å². The van der Waals surface area contributed by atoms with Crippen molar-refractivity contribution in [3.63, 3.8) is 0 Å². The zero-order valence-electron chi connectivity index (χ0n) is 31.0. The second-order valence-corrected chi connectivity index (χ2v) is 14.1. The van der Waals surface area contributed by atoms with E-state index in [1.165, 1.54) is 55.5 Å². The Morgan fingerprint density at radius 2 is 1.34 bits per heavy atom. The monoisotopic (exact) mass is 866 g/mol. The molecule has 7 aromatic rings. The molecule has 0 atom stereocenters. The van der Waals surface area contributed by atoms with Gasteiger partial charge in [-0.2, -0.15) is 24.3 Å². The summed E-state index contributed by atoms with van der Waals surface area (Å²) in [5.41, 5.74) is 14.8. The van der Waals surface area contributed by atoms with E-state index >= 15 is 0 Å². The molecule has 8 heteroatoms. The summed E-state index contributed by atoms with van der Waals surface area (Å²) >= 11 is 0. The normalized spacial score (nSPS) is 12.6. The van der Waals surface area contributed by atoms with Gasteiger partial charge in [-0.05, 0) is 70.3 Å². The predicted octanol–water partition coefficient (Wildman–Crippen LogP) is 7.23. The van der Waals surface area contributed by atoms with Crippen LogP contribution < -0.4 is 31.6 Å². The average molecular weight is 866 g/mol. The summed E-state index contributed by atoms with van der Waals surface area (Å²) in [6.45, 7) is 13.4. The van der Waals surface area contributed by atoms with Crippen LogP contribution in [0.2, 0.25) is 0 Å². The number of hydrogen-bond donors (Lipinski definition) is 0. The number of anilines is 4. The first-order valence-corrected chi connectivity index (χ1v) is 18.1. The number of benzene rings is 5. The van der Waals surface area contributed by atoms with E-state index in [-0.39, 0.29) is 33.8 Å². The predicted molar refractivity (Wildman–Crippen MR) is 219 cm³/mol. The Hall–Kier alpha value is -5.16. The van der Waals surface area contributed by atoms with E-state index in [1.54, 1.807) is 0 Å². The van der Waals surface area contributed by atoms with Crippen molar-refractivity contribution in [2.75, 3.05) is 9.71 Å². The zero-order valence-corrected chi connectivity index (χ0v) is 33.4. The maximum atomic E-state index is 4.76. The fraction of sp³-hybridized carbons (Fsp3) is 0.156. The van der Waals surface area contributed by atoms with Gasteiger partial charge in [0.15, 0.2) is 6.71 Å². The topological polar surface area (TPSA) is 37.2 Å². The Morgan fingerprint density at radius 3 is 2.09 bits per heavy atom. The summed E-state index contributed by atoms with van der Waals surface area (Å²) in [4.78, 5) is 14.1. The largest absolute Gasteiger partial charge is 0.431 e. The van der Waals surface area contributed by atoms with Gasteiger partial charge in [0, 0.05) is 56.2 Å². The van der Waals surface area contributed by atoms with Crippen LogP contribution in [0.15, 0.2) is 134 Å². The average Bonchev–Trinajstić information content (AvgIpc) is 3.66. The van der Waals surface area contributed by atoms with Gasteiger partial charge in [-0.3, -0.25) is 4.98 Å². The van der Waals surface area contributed by atoms with E-state index in [1.807, 2.05) is 24.5 Å². The molecule has 5 nitrogen and oxygen atoms in total. The summed E-state index contributed by atoms with van der Waals surface area (Å²) < 4.78 is 2.29. The Balaban J connectivity index is 0.000000163. The molecule has 0 amide bonds. The SMILES string of the molecule is Cc1cccc(C)c1B1N(C(C)C)c2ccc[c-]c2-c2nccn21.Cc1cnc(N2c3[c-]cccc3B(c3ccccc3)c3ccccc32)cc1C.[Ir]. The van der Waals surface area contributed by atoms with E-state index < -0.39 is 0 Å². The molecule has 0 saturated heterocycles. The fourth-order valence-electron chi connectivity index (χ4n) is 7.93. The summed E-state index contributed by atoms with van der Waals surface area (Å²) in [7, 11) is 0. The molecule has 5 aromatic carbocycles. The molecule has 0 unspecified atom stereocenters. The fourth-order valence-corrected chi connectivity index (χ4v) is 7.93. The summed E-state index contributed by atoms with van der Waals surface area (Å²) in [6, 6.07) is 47.8. The maximum Gasteiger partial charge on any atom is 0.399 e. The third-order valence-corrected chi connectivity index (χ3v) is 10.5. The summed E-state index contributed by atoms with van der Waals surface area (Å²) in [5, 5.41) is 0. The molecular formula is C45H41B2IrN5-2. The van der Waals surface area contributed by atoms with E-state index in [0.29, 0.717) is 6.04 Å². The maximum absolute atomic E-state index is 4.76. The molecule has 263 valence electrons. The number of rotatable bonds is 4. The van der Waals surface area contributed by atoms with Gasteiger partial charge in [0.05, 0.1) is 0 Å². The van der Waals surface area contributed by atoms with Crippen LogP contribution in [0.1, 0.15) is 36.1 Å². The van der Waals surface area contributed by atoms with E-state index in [2.05, 4.69) is 182 Å². The van der Waals surface area contributed by atoms with Crippen molar-refractivity contribution >= 4 is 58.4 Å². The number of aromatic nitrogens is 3. The van der Waals surface area contributed by atoms with Crippen LogP contribution in [0.25, 0.3) is 11.4 Å². The number of hydrogen-bond acceptors (Lipinski definition) is 4. The van der Waals surface area contributed by atoms with Crippen molar-refractivity contribution in [3.05, 3.63) is 168 Å². The Labute approximate surface area is 328 Å². The van der Waals surface area contributed by atoms with Crippen LogP contribution in [0.3, 0.4) is 0 Å². The molecule has 4 heterocycles. The first-order chi connectivity index (χ1) is 25.3. The number of para-hydroxylation sites is 2. The molecule has 0 bridgehead atoms. The molecule has 0 saturated carbocycles. The third-order valence-electron chi connectivity index (χ3n) is 10.5. The summed E-state index contributed by atoms with van der Waals surface area (Å²) in [6.07, 6.45) is 5.94. The van der Waals surface area contributed by atoms with E-state index in [0.717, 1.165) is 22.9 Å². The standard InChI is InChI=1S/C25H20BN2.C20H21BN3.Ir/c1-18-16-25(27-17-19(18)2)28-23-14-8-6-12-21(23)26(20-10-4-3-5-11-20)22-13-7-9-15-24(22)28;1-14(2)24-18-11-6-5-10-17(18)20-22-12-13-23(20)21(24)19-15(3)8-7-9-16(19)4;/h3-14,16-17H,1-2H3;5-9,11-14H,1-4H3;/q2*-1;. The van der Waals surface area contributed by atoms with E-state index in [4.69, 9.17) is 4.98 Å². The second-order valence-electron chi connectivity index (χ2n) is 14.1. The van der Waals surface area contributed by atoms with Gasteiger partial charge in [-0.1, -0.05) is 106 Å². The van der Waals surface area contributed by atoms with Gasteiger partial charge in [0.2, 0.25) is 0 Å². The molecule has 0 aliphatic carbocycles. The number of fused-ring (bicyclic) bond motifs is 5. The smallest absolute Gasteiger partial charge is 0.399 e.